The van der Waals surface area contributed by atoms with Crippen molar-refractivity contribution in [2.45, 2.75) is 6.04 Å². The van der Waals surface area contributed by atoms with Crippen molar-refractivity contribution < 1.29 is 0 Å². The minimum absolute atomic E-state index is 0.0619. The Labute approximate surface area is 167 Å². The Bertz CT molecular complexity index is 1080. The lowest BCUT2D eigenvalue weighted by molar-refractivity contribution is 0.532. The topological polar surface area (TPSA) is 95.6 Å². The van der Waals surface area contributed by atoms with Gasteiger partial charge in [-0.2, -0.15) is 5.10 Å². The maximum Gasteiger partial charge on any atom is 0.135 e. The molecule has 0 fully saturated rings. The lowest BCUT2D eigenvalue weighted by Crippen LogP contribution is -2.20. The number of aromatic nitrogens is 4. The van der Waals surface area contributed by atoms with Crippen LogP contribution in [0.4, 0.5) is 5.82 Å². The molecular formula is C21H19ClN6. The summed E-state index contributed by atoms with van der Waals surface area (Å²) in [7, 11) is 0. The van der Waals surface area contributed by atoms with Crippen LogP contribution in [-0.4, -0.2) is 26.3 Å². The third kappa shape index (κ3) is 3.47. The van der Waals surface area contributed by atoms with Gasteiger partial charge in [-0.15, -0.1) is 0 Å². The second kappa shape index (κ2) is 7.80. The van der Waals surface area contributed by atoms with Crippen molar-refractivity contribution in [1.29, 1.82) is 0 Å². The molecule has 0 saturated carbocycles. The molecule has 0 bridgehead atoms. The van der Waals surface area contributed by atoms with Crippen LogP contribution in [0.1, 0.15) is 11.6 Å². The molecule has 140 valence electrons. The van der Waals surface area contributed by atoms with E-state index in [2.05, 4.69) is 15.1 Å². The molecule has 0 saturated heterocycles. The van der Waals surface area contributed by atoms with Crippen molar-refractivity contribution >= 4 is 17.4 Å². The Morgan fingerprint density at radius 3 is 2.43 bits per heavy atom. The molecule has 0 aliphatic heterocycles. The predicted octanol–water partition coefficient (Wildman–Crippen LogP) is 3.79. The van der Waals surface area contributed by atoms with E-state index in [4.69, 9.17) is 23.1 Å². The molecule has 0 spiro atoms. The van der Waals surface area contributed by atoms with Crippen LogP contribution in [0.25, 0.3) is 22.4 Å². The highest BCUT2D eigenvalue weighted by Crippen LogP contribution is 2.34. The van der Waals surface area contributed by atoms with Gasteiger partial charge in [0, 0.05) is 23.3 Å². The lowest BCUT2D eigenvalue weighted by atomic mass is 10.0. The molecule has 28 heavy (non-hydrogen) atoms. The number of hydrogen-bond acceptors (Lipinski definition) is 5. The number of benzene rings is 2. The number of nitrogen functional groups attached to an aromatic ring is 1. The fourth-order valence-electron chi connectivity index (χ4n) is 3.22. The lowest BCUT2D eigenvalue weighted by Gasteiger charge is -2.15. The smallest absolute Gasteiger partial charge is 0.135 e. The summed E-state index contributed by atoms with van der Waals surface area (Å²) in [5, 5.41) is 5.19. The molecule has 6 nitrogen and oxygen atoms in total. The van der Waals surface area contributed by atoms with Gasteiger partial charge in [0.25, 0.3) is 0 Å². The molecule has 0 unspecified atom stereocenters. The van der Waals surface area contributed by atoms with Gasteiger partial charge in [-0.25, -0.2) is 9.97 Å². The molecule has 0 aliphatic rings. The minimum atomic E-state index is -0.0619. The summed E-state index contributed by atoms with van der Waals surface area (Å²) < 4.78 is 1.86. The molecule has 1 atom stereocenters. The fourth-order valence-corrected chi connectivity index (χ4v) is 3.35. The van der Waals surface area contributed by atoms with Crippen molar-refractivity contribution in [3.63, 3.8) is 0 Å². The highest BCUT2D eigenvalue weighted by molar-refractivity contribution is 6.30. The highest BCUT2D eigenvalue weighted by Gasteiger charge is 2.18. The first-order valence-electron chi connectivity index (χ1n) is 8.83. The summed E-state index contributed by atoms with van der Waals surface area (Å²) in [5.41, 5.74) is 16.5. The van der Waals surface area contributed by atoms with Crippen LogP contribution in [0.15, 0.2) is 73.3 Å². The van der Waals surface area contributed by atoms with Crippen LogP contribution in [0.3, 0.4) is 0 Å². The molecule has 4 rings (SSSR count). The Morgan fingerprint density at radius 2 is 1.71 bits per heavy atom. The van der Waals surface area contributed by atoms with Crippen LogP contribution in [0, 0.1) is 0 Å². The third-order valence-corrected chi connectivity index (χ3v) is 4.86. The molecule has 4 aromatic rings. The first kappa shape index (κ1) is 18.2. The zero-order valence-corrected chi connectivity index (χ0v) is 15.8. The standard InChI is InChI=1S/C21H19ClN6/c22-17-8-6-15(7-9-17)19-20(25-13-26-21(19)24)16-11-27-28(12-16)18(10-23)14-4-2-1-3-5-14/h1-9,11-13,18H,10,23H2,(H2,24,25,26)/t18-/m1/s1. The maximum absolute atomic E-state index is 6.18. The van der Waals surface area contributed by atoms with Crippen molar-refractivity contribution in [3.05, 3.63) is 83.9 Å². The summed E-state index contributed by atoms with van der Waals surface area (Å²) in [6.45, 7) is 0.432. The summed E-state index contributed by atoms with van der Waals surface area (Å²) >= 11 is 6.02. The van der Waals surface area contributed by atoms with Gasteiger partial charge in [0.1, 0.15) is 12.1 Å². The Morgan fingerprint density at radius 1 is 0.964 bits per heavy atom. The quantitative estimate of drug-likeness (QED) is 0.540. The van der Waals surface area contributed by atoms with Crippen LogP contribution in [0.5, 0.6) is 0 Å². The van der Waals surface area contributed by atoms with Crippen molar-refractivity contribution in [3.8, 4) is 22.4 Å². The van der Waals surface area contributed by atoms with E-state index in [9.17, 15) is 0 Å². The largest absolute Gasteiger partial charge is 0.383 e. The third-order valence-electron chi connectivity index (χ3n) is 4.61. The van der Waals surface area contributed by atoms with E-state index in [0.717, 1.165) is 22.3 Å². The number of rotatable bonds is 5. The molecule has 2 aromatic carbocycles. The monoisotopic (exact) mass is 390 g/mol. The second-order valence-electron chi connectivity index (χ2n) is 6.36. The van der Waals surface area contributed by atoms with Crippen LogP contribution in [-0.2, 0) is 0 Å². The number of nitrogens with two attached hydrogens (primary N) is 2. The van der Waals surface area contributed by atoms with Gasteiger partial charge in [-0.05, 0) is 23.3 Å². The zero-order valence-electron chi connectivity index (χ0n) is 15.0. The van der Waals surface area contributed by atoms with Gasteiger partial charge >= 0.3 is 0 Å². The van der Waals surface area contributed by atoms with Crippen LogP contribution < -0.4 is 11.5 Å². The number of nitrogens with zero attached hydrogens (tertiary/aromatic N) is 4. The Hall–Kier alpha value is -3.22. The summed E-state index contributed by atoms with van der Waals surface area (Å²) in [4.78, 5) is 8.63. The van der Waals surface area contributed by atoms with Gasteiger partial charge < -0.3 is 11.5 Å². The molecular weight excluding hydrogens is 372 g/mol. The minimum Gasteiger partial charge on any atom is -0.383 e. The first-order chi connectivity index (χ1) is 13.7. The fraction of sp³-hybridized carbons (Fsp3) is 0.0952. The first-order valence-corrected chi connectivity index (χ1v) is 9.21. The molecule has 4 N–H and O–H groups in total. The second-order valence-corrected chi connectivity index (χ2v) is 6.80. The normalized spacial score (nSPS) is 12.1. The van der Waals surface area contributed by atoms with Gasteiger partial charge in [-0.3, -0.25) is 4.68 Å². The van der Waals surface area contributed by atoms with Crippen molar-refractivity contribution in [2.24, 2.45) is 5.73 Å². The zero-order chi connectivity index (χ0) is 19.5. The summed E-state index contributed by atoms with van der Waals surface area (Å²) in [5.74, 6) is 0.401. The average molecular weight is 391 g/mol. The van der Waals surface area contributed by atoms with E-state index in [1.54, 1.807) is 6.20 Å². The van der Waals surface area contributed by atoms with Crippen molar-refractivity contribution in [2.75, 3.05) is 12.3 Å². The summed E-state index contributed by atoms with van der Waals surface area (Å²) in [6.07, 6.45) is 5.16. The number of hydrogen-bond donors (Lipinski definition) is 2. The van der Waals surface area contributed by atoms with Crippen molar-refractivity contribution in [1.82, 2.24) is 19.7 Å². The number of halogens is 1. The van der Waals surface area contributed by atoms with Gasteiger partial charge in [0.05, 0.1) is 23.5 Å². The highest BCUT2D eigenvalue weighted by atomic mass is 35.5. The molecule has 2 aromatic heterocycles. The van der Waals surface area contributed by atoms with Gasteiger partial charge in [0.15, 0.2) is 0 Å². The van der Waals surface area contributed by atoms with E-state index in [1.807, 2.05) is 65.5 Å². The predicted molar refractivity (Wildman–Crippen MR) is 112 cm³/mol. The van der Waals surface area contributed by atoms with Gasteiger partial charge in [0.2, 0.25) is 0 Å². The molecule has 0 amide bonds. The van der Waals surface area contributed by atoms with E-state index in [1.165, 1.54) is 6.33 Å². The number of anilines is 1. The molecule has 0 radical (unpaired) electrons. The van der Waals surface area contributed by atoms with Crippen LogP contribution in [0.2, 0.25) is 5.02 Å². The summed E-state index contributed by atoms with van der Waals surface area (Å²) in [6, 6.07) is 17.4. The van der Waals surface area contributed by atoms with E-state index in [-0.39, 0.29) is 6.04 Å². The Kier molecular flexibility index (Phi) is 5.06. The molecule has 2 heterocycles. The molecule has 0 aliphatic carbocycles. The molecule has 7 heteroatoms. The van der Waals surface area contributed by atoms with Gasteiger partial charge in [-0.1, -0.05) is 54.1 Å². The van der Waals surface area contributed by atoms with E-state index in [0.29, 0.717) is 23.1 Å². The van der Waals surface area contributed by atoms with E-state index < -0.39 is 0 Å². The average Bonchev–Trinajstić information content (AvgIpc) is 3.20. The maximum atomic E-state index is 6.18. The SMILES string of the molecule is NC[C@H](c1ccccc1)n1cc(-c2ncnc(N)c2-c2ccc(Cl)cc2)cn1. The van der Waals surface area contributed by atoms with Crippen LogP contribution >= 0.6 is 11.6 Å². The Balaban J connectivity index is 1.77. The van der Waals surface area contributed by atoms with E-state index >= 15 is 0 Å².